The predicted molar refractivity (Wildman–Crippen MR) is 80.6 cm³/mol. The van der Waals surface area contributed by atoms with E-state index in [-0.39, 0.29) is 12.4 Å². The smallest absolute Gasteiger partial charge is 0.125 e. The van der Waals surface area contributed by atoms with Crippen molar-refractivity contribution in [3.8, 4) is 17.6 Å². The van der Waals surface area contributed by atoms with Crippen LogP contribution < -0.4 is 4.74 Å². The summed E-state index contributed by atoms with van der Waals surface area (Å²) in [6.45, 7) is 4.02. The van der Waals surface area contributed by atoms with Crippen molar-refractivity contribution < 1.29 is 14.2 Å². The molecule has 2 aromatic rings. The molecule has 0 bridgehead atoms. The number of para-hydroxylation sites is 1. The molecule has 21 heavy (non-hydrogen) atoms. The maximum atomic E-state index is 13.3. The maximum absolute atomic E-state index is 13.3. The van der Waals surface area contributed by atoms with E-state index in [4.69, 9.17) is 9.84 Å². The first-order valence-electron chi connectivity index (χ1n) is 6.69. The topological polar surface area (TPSA) is 29.5 Å². The molecule has 0 aliphatic carbocycles. The van der Waals surface area contributed by atoms with Gasteiger partial charge in [-0.25, -0.2) is 4.39 Å². The van der Waals surface area contributed by atoms with E-state index >= 15 is 0 Å². The van der Waals surface area contributed by atoms with E-state index in [9.17, 15) is 4.39 Å². The summed E-state index contributed by atoms with van der Waals surface area (Å²) in [7, 11) is 0. The summed E-state index contributed by atoms with van der Waals surface area (Å²) in [6, 6.07) is 10.3. The fourth-order valence-electron chi connectivity index (χ4n) is 2.10. The Morgan fingerprint density at radius 2 is 1.86 bits per heavy atom. The lowest BCUT2D eigenvalue weighted by molar-refractivity contribution is 0.301. The Labute approximate surface area is 124 Å². The molecular formula is C18H17FO2. The number of aliphatic hydroxyl groups excluding tert-OH is 1. The number of halogens is 1. The number of rotatable bonds is 3. The minimum Gasteiger partial charge on any atom is -0.488 e. The Hall–Kier alpha value is -2.31. The molecule has 0 atom stereocenters. The molecule has 3 heteroatoms. The minimum absolute atomic E-state index is 0.256. The molecule has 0 fully saturated rings. The number of aliphatic hydroxyl groups is 1. The second-order valence-electron chi connectivity index (χ2n) is 4.77. The van der Waals surface area contributed by atoms with Crippen molar-refractivity contribution in [3.63, 3.8) is 0 Å². The summed E-state index contributed by atoms with van der Waals surface area (Å²) >= 11 is 0. The van der Waals surface area contributed by atoms with Crippen LogP contribution in [0, 0.1) is 31.5 Å². The highest BCUT2D eigenvalue weighted by Crippen LogP contribution is 2.24. The van der Waals surface area contributed by atoms with E-state index in [0.29, 0.717) is 12.2 Å². The normalized spacial score (nSPS) is 9.90. The van der Waals surface area contributed by atoms with Gasteiger partial charge in [0.25, 0.3) is 0 Å². The van der Waals surface area contributed by atoms with Crippen molar-refractivity contribution in [1.29, 1.82) is 0 Å². The Morgan fingerprint density at radius 3 is 2.52 bits per heavy atom. The van der Waals surface area contributed by atoms with Crippen molar-refractivity contribution in [2.75, 3.05) is 6.61 Å². The van der Waals surface area contributed by atoms with Gasteiger partial charge in [-0.2, -0.15) is 0 Å². The number of benzene rings is 2. The zero-order valence-electron chi connectivity index (χ0n) is 12.1. The quantitative estimate of drug-likeness (QED) is 0.876. The molecule has 0 aliphatic rings. The third kappa shape index (κ3) is 3.84. The molecule has 0 aromatic heterocycles. The average molecular weight is 284 g/mol. The number of ether oxygens (including phenoxy) is 1. The van der Waals surface area contributed by atoms with Crippen LogP contribution in [0.4, 0.5) is 4.39 Å². The summed E-state index contributed by atoms with van der Waals surface area (Å²) in [5, 5.41) is 8.77. The van der Waals surface area contributed by atoms with Crippen LogP contribution in [0.2, 0.25) is 0 Å². The number of hydrogen-bond donors (Lipinski definition) is 1. The van der Waals surface area contributed by atoms with Crippen molar-refractivity contribution in [1.82, 2.24) is 0 Å². The van der Waals surface area contributed by atoms with E-state index in [1.807, 2.05) is 32.0 Å². The zero-order chi connectivity index (χ0) is 15.2. The minimum atomic E-state index is -0.354. The van der Waals surface area contributed by atoms with Gasteiger partial charge >= 0.3 is 0 Å². The standard InChI is InChI=1S/C18H17FO2/c1-13-5-3-6-14(2)18(13)21-12-16-8-9-17(19)11-15(16)7-4-10-20/h3,5-6,8-9,11,20H,10,12H2,1-2H3. The van der Waals surface area contributed by atoms with Crippen LogP contribution in [0.1, 0.15) is 22.3 Å². The molecule has 0 heterocycles. The van der Waals surface area contributed by atoms with Gasteiger partial charge in [0.15, 0.2) is 0 Å². The molecule has 0 radical (unpaired) electrons. The average Bonchev–Trinajstić information content (AvgIpc) is 2.46. The second-order valence-corrected chi connectivity index (χ2v) is 4.77. The molecule has 0 saturated carbocycles. The molecule has 2 rings (SSSR count). The van der Waals surface area contributed by atoms with Gasteiger partial charge in [-0.05, 0) is 37.1 Å². The zero-order valence-corrected chi connectivity index (χ0v) is 12.1. The Balaban J connectivity index is 2.24. The molecule has 0 unspecified atom stereocenters. The molecule has 0 amide bonds. The summed E-state index contributed by atoms with van der Waals surface area (Å²) in [5.74, 6) is 5.77. The van der Waals surface area contributed by atoms with Crippen LogP contribution in [0.25, 0.3) is 0 Å². The van der Waals surface area contributed by atoms with Crippen LogP contribution >= 0.6 is 0 Å². The molecule has 0 aliphatic heterocycles. The molecule has 2 nitrogen and oxygen atoms in total. The first-order valence-corrected chi connectivity index (χ1v) is 6.69. The van der Waals surface area contributed by atoms with E-state index < -0.39 is 0 Å². The number of aryl methyl sites for hydroxylation is 2. The van der Waals surface area contributed by atoms with Gasteiger partial charge in [0, 0.05) is 11.1 Å². The van der Waals surface area contributed by atoms with Crippen LogP contribution in [-0.4, -0.2) is 11.7 Å². The van der Waals surface area contributed by atoms with Crippen molar-refractivity contribution in [2.24, 2.45) is 0 Å². The Kier molecular flexibility index (Phi) is 4.97. The third-order valence-electron chi connectivity index (χ3n) is 3.15. The SMILES string of the molecule is Cc1cccc(C)c1OCc1ccc(F)cc1C#CCO. The molecule has 2 aromatic carbocycles. The Morgan fingerprint density at radius 1 is 1.14 bits per heavy atom. The molecular weight excluding hydrogens is 267 g/mol. The van der Waals surface area contributed by atoms with Crippen LogP contribution in [-0.2, 0) is 6.61 Å². The van der Waals surface area contributed by atoms with Crippen LogP contribution in [0.5, 0.6) is 5.75 Å². The first kappa shape index (κ1) is 15.1. The summed E-state index contributed by atoms with van der Waals surface area (Å²) in [5.41, 5.74) is 3.44. The first-order chi connectivity index (χ1) is 10.1. The monoisotopic (exact) mass is 284 g/mol. The summed E-state index contributed by atoms with van der Waals surface area (Å²) in [4.78, 5) is 0. The largest absolute Gasteiger partial charge is 0.488 e. The van der Waals surface area contributed by atoms with Crippen molar-refractivity contribution in [3.05, 3.63) is 64.5 Å². The third-order valence-corrected chi connectivity index (χ3v) is 3.15. The van der Waals surface area contributed by atoms with Gasteiger partial charge in [0.2, 0.25) is 0 Å². The van der Waals surface area contributed by atoms with Crippen molar-refractivity contribution in [2.45, 2.75) is 20.5 Å². The summed E-state index contributed by atoms with van der Waals surface area (Å²) < 4.78 is 19.2. The lowest BCUT2D eigenvalue weighted by atomic mass is 10.1. The van der Waals surface area contributed by atoms with Gasteiger partial charge in [-0.3, -0.25) is 0 Å². The molecule has 0 spiro atoms. The fraction of sp³-hybridized carbons (Fsp3) is 0.222. The molecule has 0 saturated heterocycles. The lowest BCUT2D eigenvalue weighted by Crippen LogP contribution is -2.01. The van der Waals surface area contributed by atoms with Gasteiger partial charge in [0.05, 0.1) is 0 Å². The van der Waals surface area contributed by atoms with Gasteiger partial charge in [-0.1, -0.05) is 36.1 Å². The lowest BCUT2D eigenvalue weighted by Gasteiger charge is -2.13. The Bertz CT molecular complexity index is 676. The van der Waals surface area contributed by atoms with E-state index in [1.165, 1.54) is 12.1 Å². The number of hydrogen-bond acceptors (Lipinski definition) is 2. The summed E-state index contributed by atoms with van der Waals surface area (Å²) in [6.07, 6.45) is 0. The highest BCUT2D eigenvalue weighted by Gasteiger charge is 2.07. The highest BCUT2D eigenvalue weighted by atomic mass is 19.1. The van der Waals surface area contributed by atoms with E-state index in [0.717, 1.165) is 22.4 Å². The fourth-order valence-corrected chi connectivity index (χ4v) is 2.10. The maximum Gasteiger partial charge on any atom is 0.125 e. The van der Waals surface area contributed by atoms with Gasteiger partial charge < -0.3 is 9.84 Å². The van der Waals surface area contributed by atoms with Gasteiger partial charge in [0.1, 0.15) is 24.8 Å². The van der Waals surface area contributed by atoms with Crippen LogP contribution in [0.3, 0.4) is 0 Å². The highest BCUT2D eigenvalue weighted by molar-refractivity contribution is 5.43. The van der Waals surface area contributed by atoms with Crippen LogP contribution in [0.15, 0.2) is 36.4 Å². The second kappa shape index (κ2) is 6.92. The van der Waals surface area contributed by atoms with Gasteiger partial charge in [-0.15, -0.1) is 0 Å². The predicted octanol–water partition coefficient (Wildman–Crippen LogP) is 3.37. The van der Waals surface area contributed by atoms with Crippen molar-refractivity contribution >= 4 is 0 Å². The van der Waals surface area contributed by atoms with E-state index in [2.05, 4.69) is 11.8 Å². The van der Waals surface area contributed by atoms with E-state index in [1.54, 1.807) is 6.07 Å². The molecule has 1 N–H and O–H groups in total. The molecule has 108 valence electrons.